The second kappa shape index (κ2) is 4.62. The molecule has 1 rings (SSSR count). The second-order valence-corrected chi connectivity index (χ2v) is 4.14. The summed E-state index contributed by atoms with van der Waals surface area (Å²) in [5, 5.41) is 0. The molecule has 1 fully saturated rings. The van der Waals surface area contributed by atoms with Crippen LogP contribution in [0.3, 0.4) is 0 Å². The molecule has 1 aliphatic heterocycles. The van der Waals surface area contributed by atoms with E-state index in [0.717, 1.165) is 0 Å². The number of hydrogen-bond donors (Lipinski definition) is 1. The summed E-state index contributed by atoms with van der Waals surface area (Å²) in [5.74, 6) is 0. The van der Waals surface area contributed by atoms with E-state index in [1.807, 2.05) is 7.85 Å². The minimum Gasteiger partial charge on any atom is -0.382 e. The van der Waals surface area contributed by atoms with Crippen LogP contribution in [-0.2, 0) is 14.2 Å². The van der Waals surface area contributed by atoms with Crippen LogP contribution >= 0.6 is 0 Å². The van der Waals surface area contributed by atoms with Gasteiger partial charge in [-0.3, -0.25) is 0 Å². The van der Waals surface area contributed by atoms with Gasteiger partial charge in [0.15, 0.2) is 0 Å². The summed E-state index contributed by atoms with van der Waals surface area (Å²) in [7, 11) is 5.40. The Morgan fingerprint density at radius 1 is 1.50 bits per heavy atom. The lowest BCUT2D eigenvalue weighted by Gasteiger charge is -2.31. The fourth-order valence-corrected chi connectivity index (χ4v) is 2.14. The Hall–Kier alpha value is -0.0951. The molecule has 4 nitrogen and oxygen atoms in total. The topological polar surface area (TPSA) is 53.7 Å². The first-order valence-corrected chi connectivity index (χ1v) is 4.97. The zero-order chi connectivity index (χ0) is 10.8. The third-order valence-electron chi connectivity index (χ3n) is 3.32. The van der Waals surface area contributed by atoms with Crippen molar-refractivity contribution < 1.29 is 14.2 Å². The van der Waals surface area contributed by atoms with Crippen molar-refractivity contribution >= 4 is 7.85 Å². The second-order valence-electron chi connectivity index (χ2n) is 4.14. The third kappa shape index (κ3) is 1.82. The number of ether oxygens (including phenoxy) is 3. The van der Waals surface area contributed by atoms with Gasteiger partial charge in [-0.2, -0.15) is 0 Å². The normalized spacial score (nSPS) is 43.0. The van der Waals surface area contributed by atoms with Crippen molar-refractivity contribution in [1.29, 1.82) is 0 Å². The summed E-state index contributed by atoms with van der Waals surface area (Å²) in [5.41, 5.74) is 5.67. The molecule has 0 saturated carbocycles. The van der Waals surface area contributed by atoms with E-state index in [9.17, 15) is 0 Å². The number of rotatable bonds is 4. The molecule has 5 heteroatoms. The Bertz CT molecular complexity index is 193. The van der Waals surface area contributed by atoms with Gasteiger partial charge in [0.1, 0.15) is 14.0 Å². The van der Waals surface area contributed by atoms with Crippen LogP contribution in [0, 0.1) is 5.41 Å². The first-order valence-electron chi connectivity index (χ1n) is 4.97. The van der Waals surface area contributed by atoms with E-state index in [2.05, 4.69) is 6.92 Å². The molecule has 82 valence electrons. The summed E-state index contributed by atoms with van der Waals surface area (Å²) in [6.45, 7) is 3.22. The predicted octanol–water partition coefficient (Wildman–Crippen LogP) is -1.03. The fourth-order valence-electron chi connectivity index (χ4n) is 2.14. The van der Waals surface area contributed by atoms with E-state index in [1.54, 1.807) is 14.2 Å². The minimum absolute atomic E-state index is 0.00597. The maximum atomic E-state index is 5.78. The van der Waals surface area contributed by atoms with Crippen molar-refractivity contribution in [2.45, 2.75) is 25.1 Å². The molecule has 1 aliphatic rings. The molecule has 0 radical (unpaired) electrons. The SMILES string of the molecule is B[C@@H]1O[C@H](COC)[C@@H](OC)[C@@]1(C)CN. The molecule has 1 heterocycles. The highest BCUT2D eigenvalue weighted by molar-refractivity contribution is 6.11. The molecule has 1 saturated heterocycles. The van der Waals surface area contributed by atoms with Crippen LogP contribution in [0.2, 0.25) is 0 Å². The molecule has 4 atom stereocenters. The van der Waals surface area contributed by atoms with Crippen molar-refractivity contribution in [3.05, 3.63) is 0 Å². The lowest BCUT2D eigenvalue weighted by molar-refractivity contribution is -0.0392. The van der Waals surface area contributed by atoms with Gasteiger partial charge >= 0.3 is 0 Å². The zero-order valence-electron chi connectivity index (χ0n) is 9.45. The van der Waals surface area contributed by atoms with Crippen molar-refractivity contribution in [3.8, 4) is 0 Å². The number of nitrogens with two attached hydrogens (primary N) is 1. The Morgan fingerprint density at radius 3 is 2.57 bits per heavy atom. The van der Waals surface area contributed by atoms with Crippen molar-refractivity contribution in [1.82, 2.24) is 0 Å². The average Bonchev–Trinajstić information content (AvgIpc) is 2.40. The lowest BCUT2D eigenvalue weighted by Crippen LogP contribution is -2.46. The van der Waals surface area contributed by atoms with E-state index in [-0.39, 0.29) is 23.6 Å². The van der Waals surface area contributed by atoms with E-state index in [0.29, 0.717) is 13.2 Å². The molecule has 0 aromatic heterocycles. The highest BCUT2D eigenvalue weighted by Crippen LogP contribution is 2.38. The van der Waals surface area contributed by atoms with E-state index >= 15 is 0 Å². The molecule has 0 aliphatic carbocycles. The molecule has 0 bridgehead atoms. The molecular formula is C9H20BNO3. The smallest absolute Gasteiger partial charge is 0.140 e. The molecule has 0 spiro atoms. The van der Waals surface area contributed by atoms with E-state index in [1.165, 1.54) is 0 Å². The Morgan fingerprint density at radius 2 is 2.14 bits per heavy atom. The molecule has 14 heavy (non-hydrogen) atoms. The standard InChI is InChI=1S/C9H20BNO3/c1-9(5-11)7(13-3)6(4-12-2)14-8(9)10/h6-8H,4-5,10-11H2,1-3H3/t6-,7-,8-,9-/m1/s1. The summed E-state index contributed by atoms with van der Waals surface area (Å²) < 4.78 is 16.3. The molecule has 0 unspecified atom stereocenters. The summed E-state index contributed by atoms with van der Waals surface area (Å²) in [4.78, 5) is 0. The Balaban J connectivity index is 2.77. The molecule has 0 aromatic rings. The monoisotopic (exact) mass is 201 g/mol. The maximum Gasteiger partial charge on any atom is 0.140 e. The van der Waals surface area contributed by atoms with Gasteiger partial charge < -0.3 is 19.9 Å². The van der Waals surface area contributed by atoms with Gasteiger partial charge in [0.05, 0.1) is 12.7 Å². The Kier molecular flexibility index (Phi) is 3.95. The molecule has 0 amide bonds. The molecular weight excluding hydrogens is 181 g/mol. The summed E-state index contributed by atoms with van der Waals surface area (Å²) in [6, 6.07) is 0.109. The van der Waals surface area contributed by atoms with Crippen LogP contribution in [0.5, 0.6) is 0 Å². The van der Waals surface area contributed by atoms with Gasteiger partial charge in [-0.1, -0.05) is 6.92 Å². The molecule has 0 aromatic carbocycles. The van der Waals surface area contributed by atoms with Crippen LogP contribution in [0.4, 0.5) is 0 Å². The maximum absolute atomic E-state index is 5.78. The number of hydrogen-bond acceptors (Lipinski definition) is 4. The van der Waals surface area contributed by atoms with Gasteiger partial charge in [-0.05, 0) is 0 Å². The van der Waals surface area contributed by atoms with Crippen molar-refractivity contribution in [2.75, 3.05) is 27.4 Å². The highest BCUT2D eigenvalue weighted by Gasteiger charge is 2.50. The van der Waals surface area contributed by atoms with Gasteiger partial charge in [0.2, 0.25) is 0 Å². The quantitative estimate of drug-likeness (QED) is 0.591. The molecule has 2 N–H and O–H groups in total. The van der Waals surface area contributed by atoms with Crippen molar-refractivity contribution in [2.24, 2.45) is 11.1 Å². The predicted molar refractivity (Wildman–Crippen MR) is 57.0 cm³/mol. The fraction of sp³-hybridized carbons (Fsp3) is 1.00. The average molecular weight is 201 g/mol. The Labute approximate surface area is 86.5 Å². The minimum atomic E-state index is -0.113. The van der Waals surface area contributed by atoms with Gasteiger partial charge in [0, 0.05) is 32.2 Å². The van der Waals surface area contributed by atoms with E-state index in [4.69, 9.17) is 19.9 Å². The first-order chi connectivity index (χ1) is 6.60. The van der Waals surface area contributed by atoms with Gasteiger partial charge in [-0.15, -0.1) is 0 Å². The lowest BCUT2D eigenvalue weighted by atomic mass is 9.71. The first kappa shape index (κ1) is 12.0. The third-order valence-corrected chi connectivity index (χ3v) is 3.32. The van der Waals surface area contributed by atoms with Crippen LogP contribution in [-0.4, -0.2) is 53.4 Å². The van der Waals surface area contributed by atoms with Crippen LogP contribution in [0.1, 0.15) is 6.92 Å². The highest BCUT2D eigenvalue weighted by atomic mass is 16.6. The van der Waals surface area contributed by atoms with Crippen LogP contribution in [0.25, 0.3) is 0 Å². The van der Waals surface area contributed by atoms with Crippen LogP contribution < -0.4 is 5.73 Å². The van der Waals surface area contributed by atoms with Gasteiger partial charge in [0.25, 0.3) is 0 Å². The summed E-state index contributed by atoms with van der Waals surface area (Å²) in [6.07, 6.45) is 0.0102. The largest absolute Gasteiger partial charge is 0.382 e. The van der Waals surface area contributed by atoms with Crippen molar-refractivity contribution in [3.63, 3.8) is 0 Å². The summed E-state index contributed by atoms with van der Waals surface area (Å²) >= 11 is 0. The number of methoxy groups -OCH3 is 2. The zero-order valence-corrected chi connectivity index (χ0v) is 9.45. The van der Waals surface area contributed by atoms with Gasteiger partial charge in [-0.25, -0.2) is 0 Å². The van der Waals surface area contributed by atoms with E-state index < -0.39 is 0 Å². The van der Waals surface area contributed by atoms with Crippen LogP contribution in [0.15, 0.2) is 0 Å².